The predicted molar refractivity (Wildman–Crippen MR) is 128 cm³/mol. The van der Waals surface area contributed by atoms with Gasteiger partial charge in [0.15, 0.2) is 27.3 Å². The van der Waals surface area contributed by atoms with Gasteiger partial charge in [-0.15, -0.1) is 11.3 Å². The fourth-order valence-corrected chi connectivity index (χ4v) is 4.93. The zero-order chi connectivity index (χ0) is 26.3. The minimum absolute atomic E-state index is 0.0192. The Balaban J connectivity index is 1.89. The van der Waals surface area contributed by atoms with Crippen LogP contribution in [0.1, 0.15) is 18.4 Å². The van der Waals surface area contributed by atoms with Crippen LogP contribution in [-0.4, -0.2) is 64.0 Å². The molecule has 194 valence electrons. The Labute approximate surface area is 213 Å². The molecule has 0 atom stereocenters. The van der Waals surface area contributed by atoms with E-state index >= 15 is 0 Å². The second-order valence-corrected chi connectivity index (χ2v) is 10.7. The number of oxime groups is 1. The van der Waals surface area contributed by atoms with E-state index in [0.717, 1.165) is 4.90 Å². The summed E-state index contributed by atoms with van der Waals surface area (Å²) >= 11 is 7.49. The molecule has 3 aromatic heterocycles. The van der Waals surface area contributed by atoms with Crippen LogP contribution in [0, 0.1) is 0 Å². The second kappa shape index (κ2) is 11.8. The van der Waals surface area contributed by atoms with Crippen molar-refractivity contribution in [3.63, 3.8) is 0 Å². The minimum atomic E-state index is -4.68. The van der Waals surface area contributed by atoms with Crippen LogP contribution in [0.3, 0.4) is 0 Å². The number of aromatic nitrogens is 4. The second-order valence-electron chi connectivity index (χ2n) is 7.20. The average Bonchev–Trinajstić information content (AvgIpc) is 3.48. The summed E-state index contributed by atoms with van der Waals surface area (Å²) in [6, 6.07) is 3.37. The summed E-state index contributed by atoms with van der Waals surface area (Å²) in [6.07, 6.45) is -0.213. The van der Waals surface area contributed by atoms with E-state index in [1.54, 1.807) is 30.6 Å². The van der Waals surface area contributed by atoms with E-state index in [1.807, 2.05) is 0 Å². The van der Waals surface area contributed by atoms with Gasteiger partial charge in [-0.25, -0.2) is 18.1 Å². The van der Waals surface area contributed by atoms with Gasteiger partial charge >= 0.3 is 6.18 Å². The Hall–Kier alpha value is -3.04. The van der Waals surface area contributed by atoms with Crippen LogP contribution in [-0.2, 0) is 26.1 Å². The van der Waals surface area contributed by atoms with E-state index in [0.29, 0.717) is 10.7 Å². The average molecular weight is 565 g/mol. The van der Waals surface area contributed by atoms with Crippen molar-refractivity contribution in [1.29, 1.82) is 0 Å². The number of halogens is 4. The number of carbonyl (C=O) groups excluding carboxylic acids is 1. The lowest BCUT2D eigenvalue weighted by Gasteiger charge is -2.20. The van der Waals surface area contributed by atoms with E-state index in [9.17, 15) is 26.4 Å². The summed E-state index contributed by atoms with van der Waals surface area (Å²) in [5, 5.41) is 9.92. The monoisotopic (exact) mass is 564 g/mol. The third kappa shape index (κ3) is 7.73. The van der Waals surface area contributed by atoms with Gasteiger partial charge in [0.2, 0.25) is 0 Å². The van der Waals surface area contributed by atoms with Crippen LogP contribution in [0.15, 0.2) is 47.5 Å². The number of anilines is 1. The van der Waals surface area contributed by atoms with Gasteiger partial charge in [-0.1, -0.05) is 16.8 Å². The van der Waals surface area contributed by atoms with Gasteiger partial charge in [-0.05, 0) is 19.1 Å². The van der Waals surface area contributed by atoms with Crippen LogP contribution < -0.4 is 4.90 Å². The number of carbonyl (C=O) groups is 1. The van der Waals surface area contributed by atoms with E-state index in [-0.39, 0.29) is 24.0 Å². The van der Waals surface area contributed by atoms with Crippen LogP contribution >= 0.6 is 22.9 Å². The van der Waals surface area contributed by atoms with Crippen LogP contribution in [0.25, 0.3) is 5.69 Å². The fraction of sp³-hybridized carbons (Fsp3) is 0.350. The molecule has 0 saturated heterocycles. The van der Waals surface area contributed by atoms with Crippen molar-refractivity contribution >= 4 is 50.1 Å². The lowest BCUT2D eigenvalue weighted by molar-refractivity contribution is -0.129. The maximum Gasteiger partial charge on any atom is 0.390 e. The van der Waals surface area contributed by atoms with Gasteiger partial charge in [0.1, 0.15) is 16.4 Å². The molecule has 0 fully saturated rings. The first kappa shape index (κ1) is 27.5. The van der Waals surface area contributed by atoms with E-state index in [1.165, 1.54) is 34.6 Å². The fourth-order valence-electron chi connectivity index (χ4n) is 2.89. The maximum absolute atomic E-state index is 13.4. The normalized spacial score (nSPS) is 12.5. The quantitative estimate of drug-likeness (QED) is 0.257. The molecule has 0 unspecified atom stereocenters. The van der Waals surface area contributed by atoms with Gasteiger partial charge in [0.05, 0.1) is 30.3 Å². The van der Waals surface area contributed by atoms with Crippen molar-refractivity contribution in [2.75, 3.05) is 23.0 Å². The molecule has 3 rings (SSSR count). The van der Waals surface area contributed by atoms with Crippen molar-refractivity contribution in [2.24, 2.45) is 5.16 Å². The first-order valence-corrected chi connectivity index (χ1v) is 13.4. The van der Waals surface area contributed by atoms with Gasteiger partial charge < -0.3 is 9.74 Å². The zero-order valence-corrected chi connectivity index (χ0v) is 21.1. The Morgan fingerprint density at radius 1 is 1.33 bits per heavy atom. The number of sulfone groups is 1. The summed E-state index contributed by atoms with van der Waals surface area (Å²) in [7, 11) is -4.37. The number of amides is 1. The van der Waals surface area contributed by atoms with Crippen molar-refractivity contribution < 1.29 is 31.2 Å². The molecule has 0 aliphatic rings. The molecule has 0 N–H and O–H groups in total. The molecule has 3 heterocycles. The van der Waals surface area contributed by atoms with Crippen molar-refractivity contribution in [3.8, 4) is 5.69 Å². The predicted octanol–water partition coefficient (Wildman–Crippen LogP) is 3.67. The molecule has 0 aliphatic carbocycles. The molecule has 0 aliphatic heterocycles. The summed E-state index contributed by atoms with van der Waals surface area (Å²) in [6.45, 7) is 1.45. The zero-order valence-electron chi connectivity index (χ0n) is 18.7. The number of hydrogen-bond acceptors (Lipinski definition) is 9. The molecule has 10 nitrogen and oxygen atoms in total. The Morgan fingerprint density at radius 2 is 2.11 bits per heavy atom. The molecule has 16 heteroatoms. The molecule has 0 spiro atoms. The SMILES string of the molecule is CCN(C(=O)/C(CS(=O)(=O)CCC(F)(F)F)=N\OCc1nccs1)c1cn(-c2cccnc2)nc1Cl. The molecule has 0 aromatic carbocycles. The molecular weight excluding hydrogens is 545 g/mol. The Morgan fingerprint density at radius 3 is 2.72 bits per heavy atom. The summed E-state index contributed by atoms with van der Waals surface area (Å²) in [5.74, 6) is -3.19. The minimum Gasteiger partial charge on any atom is -0.388 e. The summed E-state index contributed by atoms with van der Waals surface area (Å²) < 4.78 is 64.0. The van der Waals surface area contributed by atoms with Crippen LogP contribution in [0.5, 0.6) is 0 Å². The summed E-state index contributed by atoms with van der Waals surface area (Å²) in [5.41, 5.74) is 0.0682. The van der Waals surface area contributed by atoms with Gasteiger partial charge in [0, 0.05) is 24.3 Å². The number of thiazole rings is 1. The third-order valence-electron chi connectivity index (χ3n) is 4.56. The highest BCUT2D eigenvalue weighted by Crippen LogP contribution is 2.27. The molecule has 36 heavy (non-hydrogen) atoms. The van der Waals surface area contributed by atoms with Crippen molar-refractivity contribution in [1.82, 2.24) is 19.7 Å². The highest BCUT2D eigenvalue weighted by Gasteiger charge is 2.33. The number of pyridine rings is 1. The van der Waals surface area contributed by atoms with Gasteiger partial charge in [-0.3, -0.25) is 9.78 Å². The first-order chi connectivity index (χ1) is 17.0. The third-order valence-corrected chi connectivity index (χ3v) is 7.12. The summed E-state index contributed by atoms with van der Waals surface area (Å²) in [4.78, 5) is 27.6. The first-order valence-electron chi connectivity index (χ1n) is 10.3. The molecule has 0 radical (unpaired) electrons. The number of nitrogens with zero attached hydrogens (tertiary/aromatic N) is 6. The van der Waals surface area contributed by atoms with E-state index in [4.69, 9.17) is 16.4 Å². The number of rotatable bonds is 11. The van der Waals surface area contributed by atoms with Crippen LogP contribution in [0.4, 0.5) is 18.9 Å². The number of hydrogen-bond donors (Lipinski definition) is 0. The Bertz CT molecular complexity index is 1300. The standard InChI is InChI=1S/C20H20ClF3N6O4S2/c1-2-29(16-11-30(27-18(16)21)14-4-3-6-25-10-14)19(31)15(28-34-12-17-26-7-8-35-17)13-36(32,33)9-5-20(22,23)24/h3-4,6-8,10-11H,2,5,9,12-13H2,1H3/b28-15-. The van der Waals surface area contributed by atoms with E-state index < -0.39 is 45.6 Å². The number of alkyl halides is 3. The lowest BCUT2D eigenvalue weighted by atomic mass is 10.3. The largest absolute Gasteiger partial charge is 0.390 e. The van der Waals surface area contributed by atoms with Crippen molar-refractivity contribution in [2.45, 2.75) is 26.1 Å². The molecule has 3 aromatic rings. The highest BCUT2D eigenvalue weighted by atomic mass is 35.5. The highest BCUT2D eigenvalue weighted by molar-refractivity contribution is 7.92. The van der Waals surface area contributed by atoms with E-state index in [2.05, 4.69) is 20.2 Å². The molecule has 0 saturated carbocycles. The van der Waals surface area contributed by atoms with Gasteiger partial charge in [0.25, 0.3) is 5.91 Å². The van der Waals surface area contributed by atoms with Crippen molar-refractivity contribution in [3.05, 3.63) is 52.5 Å². The Kier molecular flexibility index (Phi) is 9.03. The molecular formula is C20H20ClF3N6O4S2. The van der Waals surface area contributed by atoms with Crippen LogP contribution in [0.2, 0.25) is 5.15 Å². The lowest BCUT2D eigenvalue weighted by Crippen LogP contribution is -2.40. The molecule has 1 amide bonds. The van der Waals surface area contributed by atoms with Gasteiger partial charge in [-0.2, -0.15) is 18.3 Å². The topological polar surface area (TPSA) is 120 Å². The molecule has 0 bridgehead atoms. The maximum atomic E-state index is 13.4. The smallest absolute Gasteiger partial charge is 0.388 e.